The molecule has 2 aromatic carbocycles. The molecule has 0 aliphatic carbocycles. The third-order valence-corrected chi connectivity index (χ3v) is 3.34. The third-order valence-electron chi connectivity index (χ3n) is 3.17. The van der Waals surface area contributed by atoms with E-state index in [-0.39, 0.29) is 0 Å². The van der Waals surface area contributed by atoms with Crippen molar-refractivity contribution in [3.63, 3.8) is 0 Å². The number of para-hydroxylation sites is 1. The minimum absolute atomic E-state index is 0.650. The molecule has 0 heterocycles. The van der Waals surface area contributed by atoms with Crippen LogP contribution in [0.1, 0.15) is 0 Å². The highest BCUT2D eigenvalue weighted by Crippen LogP contribution is 2.29. The molecule has 0 radical (unpaired) electrons. The molecule has 0 spiro atoms. The van der Waals surface area contributed by atoms with Gasteiger partial charge in [-0.05, 0) is 18.7 Å². The molecule has 2 rings (SSSR count). The number of likely N-dealkylation sites (N-methyl/N-ethyl adjacent to an activating group) is 1. The maximum atomic E-state index is 5.92. The van der Waals surface area contributed by atoms with Crippen LogP contribution in [0, 0.1) is 0 Å². The largest absolute Gasteiger partial charge is 0.492 e. The summed E-state index contributed by atoms with van der Waals surface area (Å²) in [6, 6.07) is 18.5. The van der Waals surface area contributed by atoms with Crippen molar-refractivity contribution in [3.8, 4) is 16.9 Å². The van der Waals surface area contributed by atoms with Crippen LogP contribution in [0.15, 0.2) is 54.6 Å². The van der Waals surface area contributed by atoms with E-state index in [1.807, 2.05) is 36.4 Å². The fourth-order valence-corrected chi connectivity index (χ4v) is 2.30. The Hall–Kier alpha value is -1.51. The molecule has 0 N–H and O–H groups in total. The number of nitrogens with zero attached hydrogens (tertiary/aromatic N) is 1. The van der Waals surface area contributed by atoms with E-state index in [0.717, 1.165) is 24.4 Å². The maximum absolute atomic E-state index is 5.92. The molecule has 0 unspecified atom stereocenters. The highest BCUT2D eigenvalue weighted by molar-refractivity contribution is 6.18. The molecule has 2 aromatic rings. The quantitative estimate of drug-likeness (QED) is 0.717. The standard InChI is InChI=1S/C17H20ClNO/c1-19(12-11-18)13-14-20-17-10-6-5-9-16(17)15-7-3-2-4-8-15/h2-10H,11-14H2,1H3. The van der Waals surface area contributed by atoms with Crippen LogP contribution in [0.5, 0.6) is 5.75 Å². The lowest BCUT2D eigenvalue weighted by Crippen LogP contribution is -2.26. The van der Waals surface area contributed by atoms with Gasteiger partial charge in [0.15, 0.2) is 0 Å². The highest BCUT2D eigenvalue weighted by atomic mass is 35.5. The second-order valence-electron chi connectivity index (χ2n) is 4.70. The number of hydrogen-bond donors (Lipinski definition) is 0. The van der Waals surface area contributed by atoms with Gasteiger partial charge in [-0.15, -0.1) is 11.6 Å². The number of alkyl halides is 1. The van der Waals surface area contributed by atoms with Gasteiger partial charge in [-0.2, -0.15) is 0 Å². The molecule has 0 atom stereocenters. The Morgan fingerprint density at radius 2 is 1.65 bits per heavy atom. The van der Waals surface area contributed by atoms with E-state index in [0.29, 0.717) is 12.5 Å². The number of hydrogen-bond acceptors (Lipinski definition) is 2. The van der Waals surface area contributed by atoms with Gasteiger partial charge in [0.2, 0.25) is 0 Å². The van der Waals surface area contributed by atoms with Crippen molar-refractivity contribution < 1.29 is 4.74 Å². The normalized spacial score (nSPS) is 10.8. The van der Waals surface area contributed by atoms with E-state index in [1.165, 1.54) is 5.56 Å². The summed E-state index contributed by atoms with van der Waals surface area (Å²) in [5.74, 6) is 1.58. The molecule has 0 saturated carbocycles. The van der Waals surface area contributed by atoms with Crippen LogP contribution in [0.25, 0.3) is 11.1 Å². The molecule has 0 amide bonds. The predicted octanol–water partition coefficient (Wildman–Crippen LogP) is 3.90. The molecule has 0 saturated heterocycles. The summed E-state index contributed by atoms with van der Waals surface area (Å²) in [5, 5.41) is 0. The fraction of sp³-hybridized carbons (Fsp3) is 0.294. The van der Waals surface area contributed by atoms with Crippen molar-refractivity contribution >= 4 is 11.6 Å². The predicted molar refractivity (Wildman–Crippen MR) is 85.6 cm³/mol. The van der Waals surface area contributed by atoms with Gasteiger partial charge < -0.3 is 9.64 Å². The third kappa shape index (κ3) is 4.26. The van der Waals surface area contributed by atoms with E-state index in [9.17, 15) is 0 Å². The Kier molecular flexibility index (Phi) is 5.90. The van der Waals surface area contributed by atoms with Crippen LogP contribution in [0.3, 0.4) is 0 Å². The fourth-order valence-electron chi connectivity index (χ4n) is 2.02. The lowest BCUT2D eigenvalue weighted by Gasteiger charge is -2.16. The molecule has 0 aliphatic rings. The average molecular weight is 290 g/mol. The summed E-state index contributed by atoms with van der Waals surface area (Å²) in [4.78, 5) is 2.16. The zero-order valence-electron chi connectivity index (χ0n) is 11.8. The van der Waals surface area contributed by atoms with E-state index in [2.05, 4.69) is 30.1 Å². The summed E-state index contributed by atoms with van der Waals surface area (Å²) in [6.07, 6.45) is 0. The summed E-state index contributed by atoms with van der Waals surface area (Å²) >= 11 is 5.72. The van der Waals surface area contributed by atoms with Crippen molar-refractivity contribution in [2.75, 3.05) is 32.6 Å². The smallest absolute Gasteiger partial charge is 0.127 e. The second-order valence-corrected chi connectivity index (χ2v) is 5.08. The average Bonchev–Trinajstić information content (AvgIpc) is 2.49. The second kappa shape index (κ2) is 7.93. The first-order valence-electron chi connectivity index (χ1n) is 6.83. The first kappa shape index (κ1) is 14.9. The van der Waals surface area contributed by atoms with Crippen molar-refractivity contribution in [2.24, 2.45) is 0 Å². The Labute approximate surface area is 125 Å². The van der Waals surface area contributed by atoms with Crippen LogP contribution in [-0.2, 0) is 0 Å². The summed E-state index contributed by atoms with van der Waals surface area (Å²) < 4.78 is 5.92. The van der Waals surface area contributed by atoms with Crippen molar-refractivity contribution in [1.82, 2.24) is 4.90 Å². The monoisotopic (exact) mass is 289 g/mol. The number of halogens is 1. The molecule has 0 aromatic heterocycles. The Balaban J connectivity index is 2.02. The Morgan fingerprint density at radius 3 is 2.40 bits per heavy atom. The minimum Gasteiger partial charge on any atom is -0.492 e. The van der Waals surface area contributed by atoms with E-state index in [4.69, 9.17) is 16.3 Å². The topological polar surface area (TPSA) is 12.5 Å². The zero-order chi connectivity index (χ0) is 14.2. The first-order chi connectivity index (χ1) is 9.81. The van der Waals surface area contributed by atoms with Crippen LogP contribution >= 0.6 is 11.6 Å². The molecule has 0 bridgehead atoms. The lowest BCUT2D eigenvalue weighted by atomic mass is 10.1. The number of rotatable bonds is 7. The SMILES string of the molecule is CN(CCCl)CCOc1ccccc1-c1ccccc1. The Bertz CT molecular complexity index is 515. The van der Waals surface area contributed by atoms with Gasteiger partial charge in [0, 0.05) is 24.5 Å². The summed E-state index contributed by atoms with van der Waals surface area (Å²) in [5.41, 5.74) is 2.31. The number of ether oxygens (including phenoxy) is 1. The van der Waals surface area contributed by atoms with Gasteiger partial charge in [0.05, 0.1) is 0 Å². The zero-order valence-corrected chi connectivity index (χ0v) is 12.5. The molecular formula is C17H20ClNO. The molecule has 20 heavy (non-hydrogen) atoms. The molecule has 0 fully saturated rings. The van der Waals surface area contributed by atoms with Gasteiger partial charge in [-0.3, -0.25) is 0 Å². The van der Waals surface area contributed by atoms with Crippen LogP contribution in [0.4, 0.5) is 0 Å². The van der Waals surface area contributed by atoms with E-state index >= 15 is 0 Å². The van der Waals surface area contributed by atoms with Crippen molar-refractivity contribution in [1.29, 1.82) is 0 Å². The Morgan fingerprint density at radius 1 is 0.950 bits per heavy atom. The van der Waals surface area contributed by atoms with Crippen LogP contribution < -0.4 is 4.74 Å². The van der Waals surface area contributed by atoms with Crippen LogP contribution in [0.2, 0.25) is 0 Å². The molecule has 2 nitrogen and oxygen atoms in total. The van der Waals surface area contributed by atoms with E-state index in [1.54, 1.807) is 0 Å². The maximum Gasteiger partial charge on any atom is 0.127 e. The first-order valence-corrected chi connectivity index (χ1v) is 7.36. The van der Waals surface area contributed by atoms with Gasteiger partial charge in [0.1, 0.15) is 12.4 Å². The van der Waals surface area contributed by atoms with Gasteiger partial charge >= 0.3 is 0 Å². The van der Waals surface area contributed by atoms with E-state index < -0.39 is 0 Å². The van der Waals surface area contributed by atoms with Crippen molar-refractivity contribution in [3.05, 3.63) is 54.6 Å². The lowest BCUT2D eigenvalue weighted by molar-refractivity contribution is 0.245. The van der Waals surface area contributed by atoms with Gasteiger partial charge in [-0.25, -0.2) is 0 Å². The van der Waals surface area contributed by atoms with Gasteiger partial charge in [0.25, 0.3) is 0 Å². The molecular weight excluding hydrogens is 270 g/mol. The highest BCUT2D eigenvalue weighted by Gasteiger charge is 2.05. The molecule has 106 valence electrons. The van der Waals surface area contributed by atoms with Crippen molar-refractivity contribution in [2.45, 2.75) is 0 Å². The molecule has 3 heteroatoms. The molecule has 0 aliphatic heterocycles. The minimum atomic E-state index is 0.650. The van der Waals surface area contributed by atoms with Gasteiger partial charge in [-0.1, -0.05) is 48.5 Å². The van der Waals surface area contributed by atoms with Crippen LogP contribution in [-0.4, -0.2) is 37.5 Å². The number of benzene rings is 2. The summed E-state index contributed by atoms with van der Waals surface area (Å²) in [7, 11) is 2.05. The summed E-state index contributed by atoms with van der Waals surface area (Å²) in [6.45, 7) is 2.42.